The molecule has 0 aromatic heterocycles. The van der Waals surface area contributed by atoms with Crippen molar-refractivity contribution in [3.05, 3.63) is 18.2 Å². The van der Waals surface area contributed by atoms with Crippen molar-refractivity contribution in [1.82, 2.24) is 0 Å². The van der Waals surface area contributed by atoms with Crippen LogP contribution in [0.4, 0.5) is 5.69 Å². The number of nitrogens with two attached hydrogens (primary N) is 1. The first-order chi connectivity index (χ1) is 8.22. The number of carbonyl (C=O) groups is 1. The topological polar surface area (TPSA) is 73.6 Å². The first-order valence-corrected chi connectivity index (χ1v) is 5.62. The lowest BCUT2D eigenvalue weighted by Gasteiger charge is -2.21. The van der Waals surface area contributed by atoms with Gasteiger partial charge >= 0.3 is 0 Å². The maximum atomic E-state index is 11.7. The largest absolute Gasteiger partial charge is 0.486 e. The van der Waals surface area contributed by atoms with E-state index in [2.05, 4.69) is 5.32 Å². The van der Waals surface area contributed by atoms with Crippen LogP contribution in [0.25, 0.3) is 0 Å². The standard InChI is InChI=1S/C12H16N2O3/c1-8(7-13)12(15)14-9-3-2-4-10-11(9)17-6-5-16-10/h2-4,8H,5-7,13H2,1H3,(H,14,15). The Hall–Kier alpha value is -1.75. The van der Waals surface area contributed by atoms with E-state index in [1.54, 1.807) is 13.0 Å². The van der Waals surface area contributed by atoms with Crippen molar-refractivity contribution < 1.29 is 14.3 Å². The number of para-hydroxylation sites is 1. The Kier molecular flexibility index (Phi) is 3.49. The minimum atomic E-state index is -0.227. The second-order valence-corrected chi connectivity index (χ2v) is 3.96. The van der Waals surface area contributed by atoms with Gasteiger partial charge in [0.25, 0.3) is 0 Å². The number of fused-ring (bicyclic) bond motifs is 1. The molecule has 17 heavy (non-hydrogen) atoms. The number of ether oxygens (including phenoxy) is 2. The number of anilines is 1. The predicted octanol–water partition coefficient (Wildman–Crippen LogP) is 0.991. The number of nitrogens with one attached hydrogen (secondary N) is 1. The molecule has 0 radical (unpaired) electrons. The molecular formula is C12H16N2O3. The molecule has 1 atom stereocenters. The highest BCUT2D eigenvalue weighted by Gasteiger charge is 2.18. The van der Waals surface area contributed by atoms with Crippen LogP contribution in [-0.4, -0.2) is 25.7 Å². The first kappa shape index (κ1) is 11.7. The van der Waals surface area contributed by atoms with E-state index < -0.39 is 0 Å². The number of hydrogen-bond acceptors (Lipinski definition) is 4. The summed E-state index contributed by atoms with van der Waals surface area (Å²) in [6, 6.07) is 5.42. The average molecular weight is 236 g/mol. The summed E-state index contributed by atoms with van der Waals surface area (Å²) in [6.45, 7) is 3.12. The highest BCUT2D eigenvalue weighted by atomic mass is 16.6. The van der Waals surface area contributed by atoms with E-state index in [0.717, 1.165) is 0 Å². The van der Waals surface area contributed by atoms with Gasteiger partial charge in [0.05, 0.1) is 5.69 Å². The fourth-order valence-corrected chi connectivity index (χ4v) is 1.54. The number of amides is 1. The fourth-order valence-electron chi connectivity index (χ4n) is 1.54. The van der Waals surface area contributed by atoms with Crippen LogP contribution in [0.2, 0.25) is 0 Å². The van der Waals surface area contributed by atoms with E-state index >= 15 is 0 Å². The second kappa shape index (κ2) is 5.05. The zero-order valence-electron chi connectivity index (χ0n) is 9.73. The van der Waals surface area contributed by atoms with Gasteiger partial charge in [-0.2, -0.15) is 0 Å². The highest BCUT2D eigenvalue weighted by molar-refractivity contribution is 5.94. The van der Waals surface area contributed by atoms with Crippen molar-refractivity contribution >= 4 is 11.6 Å². The summed E-state index contributed by atoms with van der Waals surface area (Å²) in [7, 11) is 0. The average Bonchev–Trinajstić information content (AvgIpc) is 2.38. The monoisotopic (exact) mass is 236 g/mol. The summed E-state index contributed by atoms with van der Waals surface area (Å²) < 4.78 is 10.9. The predicted molar refractivity (Wildman–Crippen MR) is 64.3 cm³/mol. The molecule has 0 saturated carbocycles. The van der Waals surface area contributed by atoms with Gasteiger partial charge in [0.1, 0.15) is 13.2 Å². The van der Waals surface area contributed by atoms with E-state index in [-0.39, 0.29) is 11.8 Å². The molecule has 3 N–H and O–H groups in total. The van der Waals surface area contributed by atoms with Gasteiger partial charge < -0.3 is 20.5 Å². The maximum absolute atomic E-state index is 11.7. The molecular weight excluding hydrogens is 220 g/mol. The molecule has 0 spiro atoms. The number of hydrogen-bond donors (Lipinski definition) is 2. The van der Waals surface area contributed by atoms with Gasteiger partial charge in [-0.1, -0.05) is 13.0 Å². The third-order valence-electron chi connectivity index (χ3n) is 2.63. The molecule has 5 heteroatoms. The third-order valence-corrected chi connectivity index (χ3v) is 2.63. The van der Waals surface area contributed by atoms with Crippen molar-refractivity contribution in [3.63, 3.8) is 0 Å². The van der Waals surface area contributed by atoms with Crippen LogP contribution in [0.5, 0.6) is 11.5 Å². The number of benzene rings is 1. The summed E-state index contributed by atoms with van der Waals surface area (Å²) in [4.78, 5) is 11.7. The summed E-state index contributed by atoms with van der Waals surface area (Å²) >= 11 is 0. The highest BCUT2D eigenvalue weighted by Crippen LogP contribution is 2.37. The van der Waals surface area contributed by atoms with E-state index in [4.69, 9.17) is 15.2 Å². The summed E-state index contributed by atoms with van der Waals surface area (Å²) in [5.74, 6) is 0.913. The van der Waals surface area contributed by atoms with Crippen LogP contribution >= 0.6 is 0 Å². The Labute approximate surface area is 99.9 Å². The second-order valence-electron chi connectivity index (χ2n) is 3.96. The van der Waals surface area contributed by atoms with Crippen molar-refractivity contribution in [1.29, 1.82) is 0 Å². The van der Waals surface area contributed by atoms with Gasteiger partial charge in [-0.3, -0.25) is 4.79 Å². The Balaban J connectivity index is 2.18. The quantitative estimate of drug-likeness (QED) is 0.820. The van der Waals surface area contributed by atoms with Gasteiger partial charge in [0, 0.05) is 12.5 Å². The van der Waals surface area contributed by atoms with Crippen LogP contribution in [0.1, 0.15) is 6.92 Å². The molecule has 1 amide bonds. The molecule has 0 aliphatic carbocycles. The van der Waals surface area contributed by atoms with Gasteiger partial charge in [-0.25, -0.2) is 0 Å². The lowest BCUT2D eigenvalue weighted by atomic mass is 10.1. The minimum absolute atomic E-state index is 0.116. The molecule has 0 fully saturated rings. The van der Waals surface area contributed by atoms with Crippen molar-refractivity contribution in [3.8, 4) is 11.5 Å². The third kappa shape index (κ3) is 2.50. The summed E-state index contributed by atoms with van der Waals surface area (Å²) in [5, 5.41) is 2.80. The molecule has 2 rings (SSSR count). The lowest BCUT2D eigenvalue weighted by Crippen LogP contribution is -2.27. The number of rotatable bonds is 3. The first-order valence-electron chi connectivity index (χ1n) is 5.62. The van der Waals surface area contributed by atoms with Crippen LogP contribution in [0.15, 0.2) is 18.2 Å². The normalized spacial score (nSPS) is 15.2. The van der Waals surface area contributed by atoms with Crippen LogP contribution in [0.3, 0.4) is 0 Å². The molecule has 0 saturated heterocycles. The van der Waals surface area contributed by atoms with Crippen LogP contribution in [-0.2, 0) is 4.79 Å². The lowest BCUT2D eigenvalue weighted by molar-refractivity contribution is -0.119. The maximum Gasteiger partial charge on any atom is 0.228 e. The van der Waals surface area contributed by atoms with Crippen molar-refractivity contribution in [2.24, 2.45) is 11.7 Å². The number of carbonyl (C=O) groups excluding carboxylic acids is 1. The molecule has 1 unspecified atom stereocenters. The molecule has 5 nitrogen and oxygen atoms in total. The van der Waals surface area contributed by atoms with E-state index in [1.807, 2.05) is 12.1 Å². The molecule has 1 aliphatic rings. The smallest absolute Gasteiger partial charge is 0.228 e. The van der Waals surface area contributed by atoms with Crippen LogP contribution < -0.4 is 20.5 Å². The molecule has 0 bridgehead atoms. The zero-order chi connectivity index (χ0) is 12.3. The molecule has 1 heterocycles. The Bertz CT molecular complexity index is 420. The van der Waals surface area contributed by atoms with Crippen molar-refractivity contribution in [2.45, 2.75) is 6.92 Å². The van der Waals surface area contributed by atoms with E-state index in [9.17, 15) is 4.79 Å². The van der Waals surface area contributed by atoms with Gasteiger partial charge in [0.2, 0.25) is 5.91 Å². The van der Waals surface area contributed by atoms with Gasteiger partial charge in [-0.05, 0) is 12.1 Å². The fraction of sp³-hybridized carbons (Fsp3) is 0.417. The molecule has 92 valence electrons. The van der Waals surface area contributed by atoms with Gasteiger partial charge in [-0.15, -0.1) is 0 Å². The van der Waals surface area contributed by atoms with E-state index in [0.29, 0.717) is 36.9 Å². The van der Waals surface area contributed by atoms with Crippen molar-refractivity contribution in [2.75, 3.05) is 25.1 Å². The molecule has 1 aromatic rings. The molecule has 1 aromatic carbocycles. The Morgan fingerprint density at radius 3 is 3.00 bits per heavy atom. The Morgan fingerprint density at radius 1 is 1.47 bits per heavy atom. The van der Waals surface area contributed by atoms with E-state index in [1.165, 1.54) is 0 Å². The summed E-state index contributed by atoms with van der Waals surface area (Å²) in [5.41, 5.74) is 6.08. The summed E-state index contributed by atoms with van der Waals surface area (Å²) in [6.07, 6.45) is 0. The Morgan fingerprint density at radius 2 is 2.24 bits per heavy atom. The zero-order valence-corrected chi connectivity index (χ0v) is 9.73. The van der Waals surface area contributed by atoms with Gasteiger partial charge in [0.15, 0.2) is 11.5 Å². The SMILES string of the molecule is CC(CN)C(=O)Nc1cccc2c1OCCO2. The molecule has 1 aliphatic heterocycles. The van der Waals surface area contributed by atoms with Crippen LogP contribution in [0, 0.1) is 5.92 Å². The minimum Gasteiger partial charge on any atom is -0.486 e.